The Kier molecular flexibility index (Phi) is 7.81. The van der Waals surface area contributed by atoms with Crippen LogP contribution >= 0.6 is 0 Å². The second-order valence-electron chi connectivity index (χ2n) is 8.32. The van der Waals surface area contributed by atoms with Crippen molar-refractivity contribution in [1.82, 2.24) is 15.3 Å². The van der Waals surface area contributed by atoms with Crippen molar-refractivity contribution in [3.63, 3.8) is 0 Å². The fourth-order valence-corrected chi connectivity index (χ4v) is 4.02. The third-order valence-electron chi connectivity index (χ3n) is 5.84. The highest BCUT2D eigenvalue weighted by molar-refractivity contribution is 5.99. The Balaban J connectivity index is 1.55. The van der Waals surface area contributed by atoms with Gasteiger partial charge in [0.15, 0.2) is 11.6 Å². The predicted molar refractivity (Wildman–Crippen MR) is 128 cm³/mol. The topological polar surface area (TPSA) is 96.2 Å². The molecule has 184 valence electrons. The van der Waals surface area contributed by atoms with E-state index in [0.717, 1.165) is 17.2 Å². The first kappa shape index (κ1) is 24.5. The molecule has 7 nitrogen and oxygen atoms in total. The maximum Gasteiger partial charge on any atom is 0.255 e. The Morgan fingerprint density at radius 2 is 2.06 bits per heavy atom. The number of amides is 1. The number of carbonyl (C=O) groups is 1. The fourth-order valence-electron chi connectivity index (χ4n) is 4.02. The molecule has 10 heteroatoms. The van der Waals surface area contributed by atoms with Gasteiger partial charge in [-0.1, -0.05) is 18.2 Å². The molecule has 0 spiro atoms. The normalized spacial score (nSPS) is 15.3. The van der Waals surface area contributed by atoms with Crippen LogP contribution in [0.25, 0.3) is 0 Å². The average molecular weight is 485 g/mol. The molecule has 3 aromatic rings. The van der Waals surface area contributed by atoms with E-state index in [4.69, 9.17) is 5.73 Å². The standard InChI is InChI=1S/C25H27F3N6O/c26-18-5-1-3-16(11-18)6-9-31-23-20(12-21(28)24(33-23)34-10-7-19(27)15-34)25(35)32-14-17-4-2-8-30-22(17)13-29/h1-5,8,11-12,19H,6-7,9-10,13-15,29H2,(H,31,33)(H,32,35)/t19-/m1/s1. The number of pyridine rings is 2. The molecule has 4 N–H and O–H groups in total. The van der Waals surface area contributed by atoms with Crippen LogP contribution in [0.2, 0.25) is 0 Å². The van der Waals surface area contributed by atoms with Crippen molar-refractivity contribution in [3.8, 4) is 0 Å². The first-order valence-electron chi connectivity index (χ1n) is 11.4. The van der Waals surface area contributed by atoms with E-state index in [1.54, 1.807) is 30.5 Å². The van der Waals surface area contributed by atoms with Crippen molar-refractivity contribution in [2.45, 2.75) is 32.1 Å². The van der Waals surface area contributed by atoms with Gasteiger partial charge < -0.3 is 21.3 Å². The van der Waals surface area contributed by atoms with Crippen LogP contribution in [0.5, 0.6) is 0 Å². The molecule has 0 radical (unpaired) electrons. The summed E-state index contributed by atoms with van der Waals surface area (Å²) in [6, 6.07) is 10.8. The third kappa shape index (κ3) is 6.07. The van der Waals surface area contributed by atoms with E-state index in [2.05, 4.69) is 20.6 Å². The number of hydrogen-bond acceptors (Lipinski definition) is 6. The van der Waals surface area contributed by atoms with Gasteiger partial charge in [0.05, 0.1) is 17.8 Å². The van der Waals surface area contributed by atoms with Gasteiger partial charge in [0.2, 0.25) is 0 Å². The van der Waals surface area contributed by atoms with Gasteiger partial charge >= 0.3 is 0 Å². The van der Waals surface area contributed by atoms with E-state index in [1.807, 2.05) is 0 Å². The summed E-state index contributed by atoms with van der Waals surface area (Å²) >= 11 is 0. The Bertz CT molecular complexity index is 1190. The van der Waals surface area contributed by atoms with Gasteiger partial charge in [0.1, 0.15) is 17.8 Å². The summed E-state index contributed by atoms with van der Waals surface area (Å²) in [4.78, 5) is 23.1. The second kappa shape index (κ2) is 11.2. The molecule has 1 aliphatic heterocycles. The summed E-state index contributed by atoms with van der Waals surface area (Å²) in [5.74, 6) is -1.42. The van der Waals surface area contributed by atoms with Crippen molar-refractivity contribution in [2.24, 2.45) is 5.73 Å². The number of halogens is 3. The number of benzene rings is 1. The number of rotatable bonds is 9. The molecular formula is C25H27F3N6O. The van der Waals surface area contributed by atoms with Gasteiger partial charge in [-0.05, 0) is 48.2 Å². The van der Waals surface area contributed by atoms with Gasteiger partial charge in [-0.3, -0.25) is 9.78 Å². The Hall–Kier alpha value is -3.66. The number of alkyl halides is 1. The molecule has 1 aromatic carbocycles. The molecule has 1 fully saturated rings. The molecule has 0 saturated carbocycles. The van der Waals surface area contributed by atoms with E-state index < -0.39 is 17.9 Å². The Morgan fingerprint density at radius 1 is 1.20 bits per heavy atom. The van der Waals surface area contributed by atoms with Crippen molar-refractivity contribution in [1.29, 1.82) is 0 Å². The van der Waals surface area contributed by atoms with E-state index in [-0.39, 0.29) is 42.7 Å². The van der Waals surface area contributed by atoms with E-state index in [1.165, 1.54) is 17.0 Å². The molecule has 4 rings (SSSR count). The monoisotopic (exact) mass is 484 g/mol. The zero-order chi connectivity index (χ0) is 24.8. The third-order valence-corrected chi connectivity index (χ3v) is 5.84. The lowest BCUT2D eigenvalue weighted by Gasteiger charge is -2.20. The Labute approximate surface area is 201 Å². The molecular weight excluding hydrogens is 457 g/mol. The van der Waals surface area contributed by atoms with Gasteiger partial charge in [-0.15, -0.1) is 0 Å². The van der Waals surface area contributed by atoms with Crippen LogP contribution in [0.3, 0.4) is 0 Å². The lowest BCUT2D eigenvalue weighted by Crippen LogP contribution is -2.28. The molecule has 1 saturated heterocycles. The number of nitrogens with one attached hydrogen (secondary N) is 2. The SMILES string of the molecule is NCc1ncccc1CNC(=O)c1cc(F)c(N2CC[C@@H](F)C2)nc1NCCc1cccc(F)c1. The summed E-state index contributed by atoms with van der Waals surface area (Å²) < 4.78 is 42.2. The predicted octanol–water partition coefficient (Wildman–Crippen LogP) is 3.35. The summed E-state index contributed by atoms with van der Waals surface area (Å²) in [7, 11) is 0. The average Bonchev–Trinajstić information content (AvgIpc) is 3.29. The Morgan fingerprint density at radius 3 is 2.80 bits per heavy atom. The van der Waals surface area contributed by atoms with Crippen LogP contribution in [0.15, 0.2) is 48.7 Å². The molecule has 0 aliphatic carbocycles. The summed E-state index contributed by atoms with van der Waals surface area (Å²) in [5.41, 5.74) is 7.88. The van der Waals surface area contributed by atoms with Gasteiger partial charge in [0.25, 0.3) is 5.91 Å². The lowest BCUT2D eigenvalue weighted by atomic mass is 10.1. The molecule has 0 unspecified atom stereocenters. The smallest absolute Gasteiger partial charge is 0.255 e. The molecule has 1 amide bonds. The molecule has 1 aliphatic rings. The zero-order valence-corrected chi connectivity index (χ0v) is 19.1. The number of hydrogen-bond donors (Lipinski definition) is 3. The first-order chi connectivity index (χ1) is 16.9. The molecule has 35 heavy (non-hydrogen) atoms. The minimum absolute atomic E-state index is 0.00682. The molecule has 1 atom stereocenters. The van der Waals surface area contributed by atoms with Crippen LogP contribution in [-0.2, 0) is 19.5 Å². The number of anilines is 2. The highest BCUT2D eigenvalue weighted by Gasteiger charge is 2.27. The number of aromatic nitrogens is 2. The van der Waals surface area contributed by atoms with Crippen LogP contribution in [0, 0.1) is 11.6 Å². The van der Waals surface area contributed by atoms with Crippen molar-refractivity contribution in [3.05, 3.63) is 82.7 Å². The van der Waals surface area contributed by atoms with Gasteiger partial charge in [-0.2, -0.15) is 0 Å². The van der Waals surface area contributed by atoms with E-state index in [9.17, 15) is 18.0 Å². The highest BCUT2D eigenvalue weighted by Crippen LogP contribution is 2.27. The van der Waals surface area contributed by atoms with Gasteiger partial charge in [-0.25, -0.2) is 18.2 Å². The van der Waals surface area contributed by atoms with Crippen LogP contribution in [0.4, 0.5) is 24.8 Å². The van der Waals surface area contributed by atoms with Crippen molar-refractivity contribution < 1.29 is 18.0 Å². The summed E-state index contributed by atoms with van der Waals surface area (Å²) in [6.07, 6.45) is 1.31. The number of nitrogens with two attached hydrogens (primary N) is 1. The molecule has 0 bridgehead atoms. The summed E-state index contributed by atoms with van der Waals surface area (Å²) in [5, 5.41) is 5.84. The highest BCUT2D eigenvalue weighted by atomic mass is 19.1. The van der Waals surface area contributed by atoms with Crippen LogP contribution < -0.4 is 21.3 Å². The minimum atomic E-state index is -1.06. The second-order valence-corrected chi connectivity index (χ2v) is 8.32. The van der Waals surface area contributed by atoms with Crippen molar-refractivity contribution >= 4 is 17.5 Å². The van der Waals surface area contributed by atoms with Crippen molar-refractivity contribution in [2.75, 3.05) is 29.9 Å². The summed E-state index contributed by atoms with van der Waals surface area (Å²) in [6.45, 7) is 1.08. The molecule has 3 heterocycles. The first-order valence-corrected chi connectivity index (χ1v) is 11.4. The van der Waals surface area contributed by atoms with Crippen LogP contribution in [0.1, 0.15) is 33.6 Å². The lowest BCUT2D eigenvalue weighted by molar-refractivity contribution is 0.0951. The maximum atomic E-state index is 15.0. The number of carbonyl (C=O) groups excluding carboxylic acids is 1. The quantitative estimate of drug-likeness (QED) is 0.431. The van der Waals surface area contributed by atoms with E-state index in [0.29, 0.717) is 31.6 Å². The number of nitrogens with zero attached hydrogens (tertiary/aromatic N) is 3. The fraction of sp³-hybridized carbons (Fsp3) is 0.320. The van der Waals surface area contributed by atoms with E-state index >= 15 is 0 Å². The minimum Gasteiger partial charge on any atom is -0.369 e. The zero-order valence-electron chi connectivity index (χ0n) is 19.1. The largest absolute Gasteiger partial charge is 0.369 e. The van der Waals surface area contributed by atoms with Crippen LogP contribution in [-0.4, -0.2) is 41.7 Å². The molecule has 2 aromatic heterocycles. The maximum absolute atomic E-state index is 15.0. The van der Waals surface area contributed by atoms with Gasteiger partial charge in [0, 0.05) is 32.4 Å².